The molecule has 0 aliphatic carbocycles. The Morgan fingerprint density at radius 2 is 2.40 bits per heavy atom. The molecule has 2 aromatic rings. The zero-order chi connectivity index (χ0) is 10.7. The Morgan fingerprint density at radius 1 is 1.53 bits per heavy atom. The Kier molecular flexibility index (Phi) is 2.53. The molecule has 0 spiro atoms. The highest BCUT2D eigenvalue weighted by Crippen LogP contribution is 2.18. The first-order valence-electron chi connectivity index (χ1n) is 4.47. The summed E-state index contributed by atoms with van der Waals surface area (Å²) >= 11 is 0. The Labute approximate surface area is 85.7 Å². The van der Waals surface area contributed by atoms with E-state index in [-0.39, 0.29) is 11.6 Å². The van der Waals surface area contributed by atoms with Crippen molar-refractivity contribution in [1.82, 2.24) is 4.98 Å². The maximum Gasteiger partial charge on any atom is 0.360 e. The Bertz CT molecular complexity index is 444. The minimum Gasteiger partial charge on any atom is -0.461 e. The van der Waals surface area contributed by atoms with E-state index in [4.69, 9.17) is 13.6 Å². The lowest BCUT2D eigenvalue weighted by Crippen LogP contribution is -2.04. The van der Waals surface area contributed by atoms with E-state index in [2.05, 4.69) is 4.98 Å². The molecule has 5 heteroatoms. The van der Waals surface area contributed by atoms with E-state index >= 15 is 0 Å². The fourth-order valence-electron chi connectivity index (χ4n) is 1.09. The number of ether oxygens (including phenoxy) is 1. The van der Waals surface area contributed by atoms with E-state index in [0.717, 1.165) is 0 Å². The number of nitrogens with zero attached hydrogens (tertiary/aromatic N) is 1. The average Bonchev–Trinajstić information content (AvgIpc) is 2.89. The molecule has 0 saturated heterocycles. The summed E-state index contributed by atoms with van der Waals surface area (Å²) in [5.41, 5.74) is 0.142. The lowest BCUT2D eigenvalue weighted by atomic mass is 10.4. The molecule has 0 atom stereocenters. The van der Waals surface area contributed by atoms with E-state index in [1.54, 1.807) is 19.1 Å². The SMILES string of the molecule is CCOC(=O)c1coc(-c2ccco2)n1. The molecule has 5 nitrogen and oxygen atoms in total. The molecule has 0 radical (unpaired) electrons. The number of aromatic nitrogens is 1. The van der Waals surface area contributed by atoms with E-state index in [0.29, 0.717) is 12.4 Å². The second-order valence-corrected chi connectivity index (χ2v) is 2.74. The highest BCUT2D eigenvalue weighted by Gasteiger charge is 2.15. The molecule has 0 aromatic carbocycles. The van der Waals surface area contributed by atoms with Gasteiger partial charge in [-0.3, -0.25) is 0 Å². The van der Waals surface area contributed by atoms with Crippen LogP contribution in [0.1, 0.15) is 17.4 Å². The fraction of sp³-hybridized carbons (Fsp3) is 0.200. The highest BCUT2D eigenvalue weighted by molar-refractivity contribution is 5.87. The van der Waals surface area contributed by atoms with Gasteiger partial charge >= 0.3 is 5.97 Å². The van der Waals surface area contributed by atoms with Crippen LogP contribution in [0.4, 0.5) is 0 Å². The average molecular weight is 207 g/mol. The summed E-state index contributed by atoms with van der Waals surface area (Å²) in [7, 11) is 0. The normalized spacial score (nSPS) is 10.2. The van der Waals surface area contributed by atoms with Crippen LogP contribution in [-0.2, 0) is 4.74 Å². The van der Waals surface area contributed by atoms with Gasteiger partial charge in [0, 0.05) is 0 Å². The number of carbonyl (C=O) groups excluding carboxylic acids is 1. The van der Waals surface area contributed by atoms with Crippen molar-refractivity contribution in [3.8, 4) is 11.7 Å². The van der Waals surface area contributed by atoms with Gasteiger partial charge < -0.3 is 13.6 Å². The third kappa shape index (κ3) is 1.90. The van der Waals surface area contributed by atoms with Crippen molar-refractivity contribution in [1.29, 1.82) is 0 Å². The van der Waals surface area contributed by atoms with Crippen LogP contribution in [-0.4, -0.2) is 17.6 Å². The van der Waals surface area contributed by atoms with Crippen LogP contribution in [0.15, 0.2) is 33.5 Å². The standard InChI is InChI=1S/C10H9NO4/c1-2-13-10(12)7-6-15-9(11-7)8-4-3-5-14-8/h3-6H,2H2,1H3. The van der Waals surface area contributed by atoms with Gasteiger partial charge in [0.1, 0.15) is 6.26 Å². The smallest absolute Gasteiger partial charge is 0.360 e. The van der Waals surface area contributed by atoms with E-state index in [1.165, 1.54) is 12.5 Å². The van der Waals surface area contributed by atoms with Crippen molar-refractivity contribution < 1.29 is 18.4 Å². The van der Waals surface area contributed by atoms with Crippen LogP contribution in [0.25, 0.3) is 11.7 Å². The molecule has 0 bridgehead atoms. The van der Waals surface area contributed by atoms with E-state index in [9.17, 15) is 4.79 Å². The Balaban J connectivity index is 2.21. The molecule has 2 heterocycles. The molecule has 0 aliphatic rings. The fourth-order valence-corrected chi connectivity index (χ4v) is 1.09. The summed E-state index contributed by atoms with van der Waals surface area (Å²) in [6.07, 6.45) is 2.75. The molecule has 15 heavy (non-hydrogen) atoms. The van der Waals surface area contributed by atoms with Gasteiger partial charge in [-0.1, -0.05) is 0 Å². The molecular formula is C10H9NO4. The van der Waals surface area contributed by atoms with Gasteiger partial charge in [0.25, 0.3) is 5.89 Å². The lowest BCUT2D eigenvalue weighted by molar-refractivity contribution is 0.0519. The minimum atomic E-state index is -0.501. The van der Waals surface area contributed by atoms with Crippen molar-refractivity contribution in [3.63, 3.8) is 0 Å². The molecule has 78 valence electrons. The predicted molar refractivity (Wildman–Crippen MR) is 50.2 cm³/mol. The summed E-state index contributed by atoms with van der Waals surface area (Å²) in [6.45, 7) is 2.03. The third-order valence-corrected chi connectivity index (χ3v) is 1.72. The van der Waals surface area contributed by atoms with Crippen molar-refractivity contribution in [3.05, 3.63) is 30.4 Å². The second-order valence-electron chi connectivity index (χ2n) is 2.74. The number of hydrogen-bond acceptors (Lipinski definition) is 5. The number of hydrogen-bond donors (Lipinski definition) is 0. The zero-order valence-electron chi connectivity index (χ0n) is 8.10. The number of esters is 1. The molecule has 0 aliphatic heterocycles. The lowest BCUT2D eigenvalue weighted by Gasteiger charge is -1.94. The first-order chi connectivity index (χ1) is 7.31. The number of rotatable bonds is 3. The maximum absolute atomic E-state index is 11.3. The molecular weight excluding hydrogens is 198 g/mol. The van der Waals surface area contributed by atoms with Crippen molar-refractivity contribution in [2.75, 3.05) is 6.61 Å². The van der Waals surface area contributed by atoms with Gasteiger partial charge in [-0.25, -0.2) is 4.79 Å². The van der Waals surface area contributed by atoms with Gasteiger partial charge in [-0.2, -0.15) is 4.98 Å². The van der Waals surface area contributed by atoms with Crippen LogP contribution in [0.3, 0.4) is 0 Å². The van der Waals surface area contributed by atoms with Gasteiger partial charge in [0.05, 0.1) is 12.9 Å². The van der Waals surface area contributed by atoms with E-state index in [1.807, 2.05) is 0 Å². The van der Waals surface area contributed by atoms with Crippen molar-refractivity contribution >= 4 is 5.97 Å². The van der Waals surface area contributed by atoms with Crippen molar-refractivity contribution in [2.24, 2.45) is 0 Å². The quantitative estimate of drug-likeness (QED) is 0.721. The molecule has 0 N–H and O–H groups in total. The molecule has 0 amide bonds. The van der Waals surface area contributed by atoms with Crippen LogP contribution < -0.4 is 0 Å². The summed E-state index contributed by atoms with van der Waals surface area (Å²) in [5.74, 6) is 0.243. The number of oxazole rings is 1. The summed E-state index contributed by atoms with van der Waals surface area (Å²) in [4.78, 5) is 15.2. The van der Waals surface area contributed by atoms with Gasteiger partial charge in [0.15, 0.2) is 11.5 Å². The third-order valence-electron chi connectivity index (χ3n) is 1.72. The van der Waals surface area contributed by atoms with E-state index < -0.39 is 5.97 Å². The van der Waals surface area contributed by atoms with Crippen LogP contribution in [0, 0.1) is 0 Å². The largest absolute Gasteiger partial charge is 0.461 e. The first kappa shape index (κ1) is 9.51. The molecule has 2 aromatic heterocycles. The van der Waals surface area contributed by atoms with Gasteiger partial charge in [-0.15, -0.1) is 0 Å². The first-order valence-corrected chi connectivity index (χ1v) is 4.47. The number of furan rings is 1. The molecule has 0 fully saturated rings. The summed E-state index contributed by atoms with van der Waals surface area (Å²) in [6, 6.07) is 3.41. The van der Waals surface area contributed by atoms with Gasteiger partial charge in [0.2, 0.25) is 0 Å². The van der Waals surface area contributed by atoms with Crippen molar-refractivity contribution in [2.45, 2.75) is 6.92 Å². The minimum absolute atomic E-state index is 0.142. The summed E-state index contributed by atoms with van der Waals surface area (Å²) < 4.78 is 14.9. The topological polar surface area (TPSA) is 65.5 Å². The molecule has 2 rings (SSSR count). The Hall–Kier alpha value is -2.04. The zero-order valence-corrected chi connectivity index (χ0v) is 8.10. The predicted octanol–water partition coefficient (Wildman–Crippen LogP) is 2.11. The molecule has 0 saturated carbocycles. The van der Waals surface area contributed by atoms with Crippen LogP contribution in [0.5, 0.6) is 0 Å². The van der Waals surface area contributed by atoms with Crippen LogP contribution in [0.2, 0.25) is 0 Å². The van der Waals surface area contributed by atoms with Gasteiger partial charge in [-0.05, 0) is 19.1 Å². The highest BCUT2D eigenvalue weighted by atomic mass is 16.5. The second kappa shape index (κ2) is 4.00. The molecule has 0 unspecified atom stereocenters. The van der Waals surface area contributed by atoms with Crippen LogP contribution >= 0.6 is 0 Å². The maximum atomic E-state index is 11.3. The monoisotopic (exact) mass is 207 g/mol. The number of carbonyl (C=O) groups is 1. The Morgan fingerprint density at radius 3 is 3.07 bits per heavy atom. The summed E-state index contributed by atoms with van der Waals surface area (Å²) in [5, 5.41) is 0.